The van der Waals surface area contributed by atoms with Crippen LogP contribution in [0.3, 0.4) is 0 Å². The molecular formula is C23H26N6O3S. The van der Waals surface area contributed by atoms with Gasteiger partial charge in [0, 0.05) is 38.0 Å². The number of hydrogen-bond donors (Lipinski definition) is 1. The lowest BCUT2D eigenvalue weighted by molar-refractivity contribution is -0.116. The molecule has 10 heteroatoms. The van der Waals surface area contributed by atoms with Gasteiger partial charge in [-0.3, -0.25) is 18.7 Å². The molecule has 172 valence electrons. The van der Waals surface area contributed by atoms with E-state index in [9.17, 15) is 14.4 Å². The Morgan fingerprint density at radius 2 is 1.79 bits per heavy atom. The molecule has 0 aliphatic rings. The monoisotopic (exact) mass is 466 g/mol. The quantitative estimate of drug-likeness (QED) is 0.471. The van der Waals surface area contributed by atoms with Crippen LogP contribution < -0.4 is 16.6 Å². The van der Waals surface area contributed by atoms with Gasteiger partial charge in [-0.2, -0.15) is 0 Å². The molecule has 1 amide bonds. The Hall–Kier alpha value is -3.53. The van der Waals surface area contributed by atoms with E-state index in [-0.39, 0.29) is 12.3 Å². The van der Waals surface area contributed by atoms with Gasteiger partial charge in [0.05, 0.1) is 12.0 Å². The maximum atomic E-state index is 12.5. The first-order valence-corrected chi connectivity index (χ1v) is 11.5. The third kappa shape index (κ3) is 4.25. The molecule has 0 unspecified atom stereocenters. The van der Waals surface area contributed by atoms with Crippen LogP contribution in [0.15, 0.2) is 33.4 Å². The van der Waals surface area contributed by atoms with E-state index in [1.807, 2.05) is 5.38 Å². The van der Waals surface area contributed by atoms with E-state index in [2.05, 4.69) is 48.2 Å². The normalized spacial score (nSPS) is 11.3. The largest absolute Gasteiger partial charge is 0.332 e. The summed E-state index contributed by atoms with van der Waals surface area (Å²) in [6.45, 7) is 6.66. The minimum absolute atomic E-state index is 0.141. The number of carbonyl (C=O) groups excluding carboxylic acids is 1. The second kappa shape index (κ2) is 8.78. The lowest BCUT2D eigenvalue weighted by atomic mass is 9.99. The summed E-state index contributed by atoms with van der Waals surface area (Å²) in [4.78, 5) is 45.8. The minimum atomic E-state index is -0.420. The first kappa shape index (κ1) is 22.7. The van der Waals surface area contributed by atoms with Crippen molar-refractivity contribution in [2.75, 3.05) is 5.32 Å². The second-order valence-corrected chi connectivity index (χ2v) is 9.12. The number of imidazole rings is 1. The van der Waals surface area contributed by atoms with Gasteiger partial charge < -0.3 is 9.88 Å². The highest BCUT2D eigenvalue weighted by atomic mass is 32.1. The summed E-state index contributed by atoms with van der Waals surface area (Å²) in [5.74, 6) is -0.141. The van der Waals surface area contributed by atoms with Crippen molar-refractivity contribution in [2.24, 2.45) is 14.1 Å². The number of hydrogen-bond acceptors (Lipinski definition) is 6. The van der Waals surface area contributed by atoms with Gasteiger partial charge in [-0.15, -0.1) is 11.3 Å². The van der Waals surface area contributed by atoms with Gasteiger partial charge in [0.1, 0.15) is 0 Å². The van der Waals surface area contributed by atoms with Crippen molar-refractivity contribution in [3.8, 4) is 11.3 Å². The molecule has 0 bridgehead atoms. The molecule has 0 spiro atoms. The zero-order valence-electron chi connectivity index (χ0n) is 19.3. The maximum absolute atomic E-state index is 12.5. The summed E-state index contributed by atoms with van der Waals surface area (Å²) in [5.41, 5.74) is 5.39. The lowest BCUT2D eigenvalue weighted by Gasteiger charge is -2.08. The molecular weight excluding hydrogens is 440 g/mol. The molecule has 0 aliphatic heterocycles. The number of fused-ring (bicyclic) bond motifs is 1. The number of aromatic nitrogens is 5. The molecule has 0 aliphatic carbocycles. The van der Waals surface area contributed by atoms with Crippen molar-refractivity contribution >= 4 is 33.5 Å². The average molecular weight is 467 g/mol. The number of nitrogens with zero attached hydrogens (tertiary/aromatic N) is 5. The predicted octanol–water partition coefficient (Wildman–Crippen LogP) is 2.90. The van der Waals surface area contributed by atoms with Crippen LogP contribution in [0, 0.1) is 20.8 Å². The van der Waals surface area contributed by atoms with Crippen LogP contribution in [-0.4, -0.2) is 29.6 Å². The van der Waals surface area contributed by atoms with Crippen molar-refractivity contribution in [3.05, 3.63) is 61.4 Å². The molecule has 4 rings (SSSR count). The second-order valence-electron chi connectivity index (χ2n) is 8.26. The summed E-state index contributed by atoms with van der Waals surface area (Å²) < 4.78 is 4.09. The van der Waals surface area contributed by atoms with Crippen LogP contribution in [0.5, 0.6) is 0 Å². The van der Waals surface area contributed by atoms with E-state index in [1.54, 1.807) is 11.6 Å². The molecule has 0 atom stereocenters. The smallest absolute Gasteiger partial charge is 0.325 e. The molecule has 1 N–H and O–H groups in total. The summed E-state index contributed by atoms with van der Waals surface area (Å²) in [5, 5.41) is 5.37. The average Bonchev–Trinajstić information content (AvgIpc) is 3.40. The molecule has 4 aromatic rings. The van der Waals surface area contributed by atoms with E-state index in [0.717, 1.165) is 21.4 Å². The molecule has 3 aromatic heterocycles. The fourth-order valence-corrected chi connectivity index (χ4v) is 4.58. The first-order chi connectivity index (χ1) is 15.7. The Morgan fingerprint density at radius 1 is 1.06 bits per heavy atom. The molecule has 9 nitrogen and oxygen atoms in total. The Labute approximate surface area is 194 Å². The lowest BCUT2D eigenvalue weighted by Crippen LogP contribution is -2.37. The highest BCUT2D eigenvalue weighted by Crippen LogP contribution is 2.29. The SMILES string of the molecule is Cc1cc(C)c(-c2csc(NC(=O)CCCn3cnc4c3c(=O)n(C)c(=O)n4C)n2)cc1C. The van der Waals surface area contributed by atoms with Gasteiger partial charge in [-0.1, -0.05) is 6.07 Å². The zero-order chi connectivity index (χ0) is 23.9. The van der Waals surface area contributed by atoms with Crippen molar-refractivity contribution in [3.63, 3.8) is 0 Å². The standard InChI is InChI=1S/C23H26N6O3S/c1-13-9-15(3)16(10-14(13)2)17-11-33-22(25-17)26-18(30)7-6-8-29-12-24-20-19(29)21(31)28(5)23(32)27(20)4/h9-12H,6-8H2,1-5H3,(H,25,26,30). The number of benzene rings is 1. The molecule has 3 heterocycles. The Kier molecular flexibility index (Phi) is 6.03. The molecule has 0 radical (unpaired) electrons. The summed E-state index contributed by atoms with van der Waals surface area (Å²) in [6, 6.07) is 4.27. The summed E-state index contributed by atoms with van der Waals surface area (Å²) in [6.07, 6.45) is 2.31. The first-order valence-electron chi connectivity index (χ1n) is 10.6. The number of carbonyl (C=O) groups is 1. The minimum Gasteiger partial charge on any atom is -0.325 e. The van der Waals surface area contributed by atoms with Crippen molar-refractivity contribution in [2.45, 2.75) is 40.2 Å². The van der Waals surface area contributed by atoms with E-state index < -0.39 is 11.2 Å². The van der Waals surface area contributed by atoms with Gasteiger partial charge in [0.25, 0.3) is 5.56 Å². The maximum Gasteiger partial charge on any atom is 0.332 e. The van der Waals surface area contributed by atoms with Gasteiger partial charge in [-0.25, -0.2) is 14.8 Å². The van der Waals surface area contributed by atoms with E-state index in [0.29, 0.717) is 29.3 Å². The van der Waals surface area contributed by atoms with Gasteiger partial charge in [-0.05, 0) is 49.9 Å². The van der Waals surface area contributed by atoms with Gasteiger partial charge in [0.2, 0.25) is 5.91 Å². The van der Waals surface area contributed by atoms with Crippen LogP contribution in [0.4, 0.5) is 5.13 Å². The fraction of sp³-hybridized carbons (Fsp3) is 0.348. The van der Waals surface area contributed by atoms with E-state index in [4.69, 9.17) is 0 Å². The number of rotatable bonds is 6. The van der Waals surface area contributed by atoms with Gasteiger partial charge >= 0.3 is 5.69 Å². The van der Waals surface area contributed by atoms with Crippen LogP contribution in [0.2, 0.25) is 0 Å². The Morgan fingerprint density at radius 3 is 2.55 bits per heavy atom. The van der Waals surface area contributed by atoms with Gasteiger partial charge in [0.15, 0.2) is 16.3 Å². The van der Waals surface area contributed by atoms with E-state index >= 15 is 0 Å². The van der Waals surface area contributed by atoms with Crippen LogP contribution in [0.1, 0.15) is 29.5 Å². The Balaban J connectivity index is 1.41. The van der Waals surface area contributed by atoms with Crippen LogP contribution in [-0.2, 0) is 25.4 Å². The third-order valence-corrected chi connectivity index (χ3v) is 6.64. The fourth-order valence-electron chi connectivity index (χ4n) is 3.85. The number of nitrogens with one attached hydrogen (secondary N) is 1. The zero-order valence-corrected chi connectivity index (χ0v) is 20.1. The Bertz CT molecular complexity index is 1490. The molecule has 0 fully saturated rings. The number of aryl methyl sites for hydroxylation is 5. The molecule has 0 saturated carbocycles. The van der Waals surface area contributed by atoms with Crippen molar-refractivity contribution in [1.82, 2.24) is 23.7 Å². The predicted molar refractivity (Wildman–Crippen MR) is 130 cm³/mol. The van der Waals surface area contributed by atoms with Crippen LogP contribution >= 0.6 is 11.3 Å². The highest BCUT2D eigenvalue weighted by molar-refractivity contribution is 7.14. The molecule has 1 aromatic carbocycles. The highest BCUT2D eigenvalue weighted by Gasteiger charge is 2.15. The third-order valence-electron chi connectivity index (χ3n) is 5.89. The summed E-state index contributed by atoms with van der Waals surface area (Å²) in [7, 11) is 3.02. The van der Waals surface area contributed by atoms with Crippen molar-refractivity contribution in [1.29, 1.82) is 0 Å². The number of anilines is 1. The number of thiazole rings is 1. The van der Waals surface area contributed by atoms with Crippen LogP contribution in [0.25, 0.3) is 22.4 Å². The molecule has 0 saturated heterocycles. The summed E-state index contributed by atoms with van der Waals surface area (Å²) >= 11 is 1.40. The molecule has 33 heavy (non-hydrogen) atoms. The topological polar surface area (TPSA) is 104 Å². The van der Waals surface area contributed by atoms with Crippen molar-refractivity contribution < 1.29 is 4.79 Å². The number of amides is 1. The van der Waals surface area contributed by atoms with E-state index in [1.165, 1.54) is 40.4 Å².